The number of nitro benzene ring substituents is 1. The van der Waals surface area contributed by atoms with Gasteiger partial charge in [0.15, 0.2) is 0 Å². The molecule has 0 heterocycles. The smallest absolute Gasteiger partial charge is 0.269 e. The van der Waals surface area contributed by atoms with Crippen LogP contribution >= 0.6 is 0 Å². The zero-order chi connectivity index (χ0) is 15.2. The van der Waals surface area contributed by atoms with Gasteiger partial charge in [-0.3, -0.25) is 10.1 Å². The van der Waals surface area contributed by atoms with Crippen molar-refractivity contribution in [2.24, 2.45) is 5.92 Å². The number of nitrogens with zero attached hydrogens (tertiary/aromatic N) is 1. The molecule has 0 aliphatic heterocycles. The van der Waals surface area contributed by atoms with Crippen molar-refractivity contribution < 1.29 is 10.0 Å². The Balaban J connectivity index is 1.83. The van der Waals surface area contributed by atoms with E-state index in [1.807, 2.05) is 0 Å². The van der Waals surface area contributed by atoms with E-state index in [0.717, 1.165) is 0 Å². The van der Waals surface area contributed by atoms with Crippen molar-refractivity contribution in [2.45, 2.75) is 51.2 Å². The summed E-state index contributed by atoms with van der Waals surface area (Å²) in [5, 5.41) is 24.2. The second kappa shape index (κ2) is 7.52. The molecule has 2 N–H and O–H groups in total. The van der Waals surface area contributed by atoms with Crippen LogP contribution in [0.1, 0.15) is 50.7 Å². The van der Waals surface area contributed by atoms with Gasteiger partial charge in [0.1, 0.15) is 0 Å². The van der Waals surface area contributed by atoms with Crippen LogP contribution in [0.3, 0.4) is 0 Å². The first-order chi connectivity index (χ1) is 10.1. The van der Waals surface area contributed by atoms with Crippen molar-refractivity contribution >= 4 is 5.69 Å². The van der Waals surface area contributed by atoms with E-state index >= 15 is 0 Å². The maximum absolute atomic E-state index is 10.6. The minimum absolute atomic E-state index is 0.0504. The summed E-state index contributed by atoms with van der Waals surface area (Å²) in [6, 6.07) is 6.51. The van der Waals surface area contributed by atoms with Gasteiger partial charge >= 0.3 is 0 Å². The Bertz CT molecular complexity index is 455. The van der Waals surface area contributed by atoms with Gasteiger partial charge < -0.3 is 10.4 Å². The minimum Gasteiger partial charge on any atom is -0.387 e. The van der Waals surface area contributed by atoms with Crippen molar-refractivity contribution in [1.29, 1.82) is 0 Å². The molecule has 2 rings (SSSR count). The monoisotopic (exact) mass is 292 g/mol. The van der Waals surface area contributed by atoms with Gasteiger partial charge in [-0.15, -0.1) is 0 Å². The summed E-state index contributed by atoms with van der Waals surface area (Å²) in [7, 11) is 0. The van der Waals surface area contributed by atoms with E-state index in [9.17, 15) is 15.2 Å². The molecule has 116 valence electrons. The van der Waals surface area contributed by atoms with Crippen LogP contribution < -0.4 is 5.32 Å². The zero-order valence-corrected chi connectivity index (χ0v) is 12.5. The Kier molecular flexibility index (Phi) is 5.70. The summed E-state index contributed by atoms with van der Waals surface area (Å²) >= 11 is 0. The molecule has 1 unspecified atom stereocenters. The van der Waals surface area contributed by atoms with Gasteiger partial charge in [0.25, 0.3) is 5.69 Å². The molecule has 2 atom stereocenters. The Morgan fingerprint density at radius 1 is 1.29 bits per heavy atom. The van der Waals surface area contributed by atoms with E-state index in [2.05, 4.69) is 12.2 Å². The minimum atomic E-state index is -0.628. The molecule has 1 aromatic rings. The summed E-state index contributed by atoms with van der Waals surface area (Å²) < 4.78 is 0. The highest BCUT2D eigenvalue weighted by atomic mass is 16.6. The zero-order valence-electron chi connectivity index (χ0n) is 12.5. The van der Waals surface area contributed by atoms with Crippen molar-refractivity contribution in [3.05, 3.63) is 39.9 Å². The Morgan fingerprint density at radius 2 is 1.90 bits per heavy atom. The van der Waals surface area contributed by atoms with Gasteiger partial charge in [0.05, 0.1) is 11.0 Å². The van der Waals surface area contributed by atoms with Gasteiger partial charge in [-0.2, -0.15) is 0 Å². The van der Waals surface area contributed by atoms with E-state index in [0.29, 0.717) is 24.1 Å². The highest BCUT2D eigenvalue weighted by Crippen LogP contribution is 2.26. The normalized spacial score (nSPS) is 19.1. The molecule has 0 saturated heterocycles. The van der Waals surface area contributed by atoms with Crippen LogP contribution in [0.25, 0.3) is 0 Å². The third kappa shape index (κ3) is 4.51. The maximum Gasteiger partial charge on any atom is 0.269 e. The third-order valence-electron chi connectivity index (χ3n) is 4.48. The molecule has 1 saturated carbocycles. The SMILES string of the molecule is C[C@@H](NCC(O)c1ccc([N+](=O)[O-])cc1)C1CCCCC1. The van der Waals surface area contributed by atoms with Crippen molar-refractivity contribution in [3.63, 3.8) is 0 Å². The summed E-state index contributed by atoms with van der Waals surface area (Å²) in [4.78, 5) is 10.2. The number of nitro groups is 1. The average molecular weight is 292 g/mol. The number of hydrogen-bond donors (Lipinski definition) is 2. The Hall–Kier alpha value is -1.46. The topological polar surface area (TPSA) is 75.4 Å². The predicted octanol–water partition coefficient (Wildman–Crippen LogP) is 3.19. The summed E-state index contributed by atoms with van der Waals surface area (Å²) in [5.74, 6) is 0.697. The molecule has 1 aromatic carbocycles. The number of aliphatic hydroxyl groups excluding tert-OH is 1. The molecule has 21 heavy (non-hydrogen) atoms. The molecule has 5 heteroatoms. The van der Waals surface area contributed by atoms with Crippen LogP contribution in [0.15, 0.2) is 24.3 Å². The molecular weight excluding hydrogens is 268 g/mol. The number of benzene rings is 1. The first-order valence-corrected chi connectivity index (χ1v) is 7.73. The summed E-state index contributed by atoms with van der Waals surface area (Å²) in [6.45, 7) is 2.66. The fourth-order valence-electron chi connectivity index (χ4n) is 3.03. The van der Waals surface area contributed by atoms with E-state index in [1.165, 1.54) is 44.2 Å². The van der Waals surface area contributed by atoms with Crippen LogP contribution in [0.2, 0.25) is 0 Å². The average Bonchev–Trinajstić information content (AvgIpc) is 2.53. The quantitative estimate of drug-likeness (QED) is 0.623. The summed E-state index contributed by atoms with van der Waals surface area (Å²) in [6.07, 6.45) is 5.86. The highest BCUT2D eigenvalue weighted by Gasteiger charge is 2.20. The van der Waals surface area contributed by atoms with Crippen molar-refractivity contribution in [2.75, 3.05) is 6.54 Å². The largest absolute Gasteiger partial charge is 0.387 e. The van der Waals surface area contributed by atoms with Crippen molar-refractivity contribution in [1.82, 2.24) is 5.32 Å². The van der Waals surface area contributed by atoms with Gasteiger partial charge in [0, 0.05) is 24.7 Å². The van der Waals surface area contributed by atoms with E-state index in [1.54, 1.807) is 12.1 Å². The molecule has 0 amide bonds. The van der Waals surface area contributed by atoms with Crippen LogP contribution in [0.5, 0.6) is 0 Å². The molecule has 1 aliphatic rings. The summed E-state index contributed by atoms with van der Waals surface area (Å²) in [5.41, 5.74) is 0.762. The first kappa shape index (κ1) is 15.9. The van der Waals surface area contributed by atoms with Crippen molar-refractivity contribution in [3.8, 4) is 0 Å². The fourth-order valence-corrected chi connectivity index (χ4v) is 3.03. The maximum atomic E-state index is 10.6. The number of rotatable bonds is 6. The Morgan fingerprint density at radius 3 is 2.48 bits per heavy atom. The van der Waals surface area contributed by atoms with E-state index in [4.69, 9.17) is 0 Å². The van der Waals surface area contributed by atoms with Gasteiger partial charge in [-0.1, -0.05) is 19.3 Å². The van der Waals surface area contributed by atoms with Gasteiger partial charge in [-0.05, 0) is 43.4 Å². The Labute approximate surface area is 125 Å². The third-order valence-corrected chi connectivity index (χ3v) is 4.48. The molecule has 0 aromatic heterocycles. The lowest BCUT2D eigenvalue weighted by atomic mass is 9.84. The van der Waals surface area contributed by atoms with Crippen LogP contribution in [0, 0.1) is 16.0 Å². The molecular formula is C16H24N2O3. The number of non-ortho nitro benzene ring substituents is 1. The molecule has 5 nitrogen and oxygen atoms in total. The first-order valence-electron chi connectivity index (χ1n) is 7.73. The predicted molar refractivity (Wildman–Crippen MR) is 82.1 cm³/mol. The van der Waals surface area contributed by atoms with Crippen LogP contribution in [-0.4, -0.2) is 22.6 Å². The highest BCUT2D eigenvalue weighted by molar-refractivity contribution is 5.33. The van der Waals surface area contributed by atoms with Crippen LogP contribution in [0.4, 0.5) is 5.69 Å². The standard InChI is InChI=1S/C16H24N2O3/c1-12(13-5-3-2-4-6-13)17-11-16(19)14-7-9-15(10-8-14)18(20)21/h7-10,12-13,16-17,19H,2-6,11H2,1H3/t12-,16?/m1/s1. The number of aliphatic hydroxyl groups is 1. The second-order valence-corrected chi connectivity index (χ2v) is 5.96. The molecule has 1 aliphatic carbocycles. The van der Waals surface area contributed by atoms with E-state index < -0.39 is 11.0 Å². The second-order valence-electron chi connectivity index (χ2n) is 5.96. The number of nitrogens with one attached hydrogen (secondary N) is 1. The molecule has 1 fully saturated rings. The lowest BCUT2D eigenvalue weighted by Gasteiger charge is -2.29. The molecule has 0 spiro atoms. The lowest BCUT2D eigenvalue weighted by molar-refractivity contribution is -0.384. The molecule has 0 bridgehead atoms. The molecule has 0 radical (unpaired) electrons. The van der Waals surface area contributed by atoms with E-state index in [-0.39, 0.29) is 5.69 Å². The lowest BCUT2D eigenvalue weighted by Crippen LogP contribution is -2.37. The number of hydrogen-bond acceptors (Lipinski definition) is 4. The van der Waals surface area contributed by atoms with Gasteiger partial charge in [0.2, 0.25) is 0 Å². The van der Waals surface area contributed by atoms with Gasteiger partial charge in [-0.25, -0.2) is 0 Å². The van der Waals surface area contributed by atoms with Crippen LogP contribution in [-0.2, 0) is 0 Å². The fraction of sp³-hybridized carbons (Fsp3) is 0.625.